The fourth-order valence-electron chi connectivity index (χ4n) is 4.16. The monoisotopic (exact) mass is 384 g/mol. The minimum Gasteiger partial charge on any atom is -0.337 e. The Hall–Kier alpha value is -1.96. The first-order valence-corrected chi connectivity index (χ1v) is 10.6. The largest absolute Gasteiger partial charge is 0.337 e. The molecule has 0 aromatic carbocycles. The molecule has 5 rings (SSSR count). The van der Waals surface area contributed by atoms with Gasteiger partial charge in [-0.25, -0.2) is 4.98 Å². The molecule has 0 N–H and O–H groups in total. The average Bonchev–Trinajstić information content (AvgIpc) is 3.40. The van der Waals surface area contributed by atoms with E-state index in [1.807, 2.05) is 17.6 Å². The summed E-state index contributed by atoms with van der Waals surface area (Å²) in [7, 11) is 0. The highest BCUT2D eigenvalue weighted by molar-refractivity contribution is 7.10. The summed E-state index contributed by atoms with van der Waals surface area (Å²) in [6, 6.07) is 8.67. The first-order valence-electron chi connectivity index (χ1n) is 8.82. The average molecular weight is 385 g/mol. The van der Waals surface area contributed by atoms with Crippen molar-refractivity contribution in [2.75, 3.05) is 13.1 Å². The predicted octanol–water partition coefficient (Wildman–Crippen LogP) is 3.40. The lowest BCUT2D eigenvalue weighted by Crippen LogP contribution is -2.49. The van der Waals surface area contributed by atoms with E-state index in [0.29, 0.717) is 12.6 Å². The van der Waals surface area contributed by atoms with Crippen LogP contribution in [-0.4, -0.2) is 44.4 Å². The van der Waals surface area contributed by atoms with E-state index < -0.39 is 0 Å². The van der Waals surface area contributed by atoms with Gasteiger partial charge in [0.25, 0.3) is 5.91 Å². The van der Waals surface area contributed by atoms with Crippen LogP contribution in [0.3, 0.4) is 0 Å². The van der Waals surface area contributed by atoms with Crippen LogP contribution in [0.2, 0.25) is 0 Å². The van der Waals surface area contributed by atoms with E-state index in [1.165, 1.54) is 9.75 Å². The molecular weight excluding hydrogens is 364 g/mol. The minimum atomic E-state index is 0.153. The van der Waals surface area contributed by atoms with E-state index in [2.05, 4.69) is 50.0 Å². The predicted molar refractivity (Wildman–Crippen MR) is 104 cm³/mol. The van der Waals surface area contributed by atoms with Crippen molar-refractivity contribution < 1.29 is 4.79 Å². The molecule has 0 spiro atoms. The number of nitrogens with zero attached hydrogens (tertiary/aromatic N) is 4. The zero-order chi connectivity index (χ0) is 17.7. The topological polar surface area (TPSA) is 41.4 Å². The van der Waals surface area contributed by atoms with Gasteiger partial charge < -0.3 is 9.47 Å². The highest BCUT2D eigenvalue weighted by Gasteiger charge is 2.45. The van der Waals surface area contributed by atoms with Gasteiger partial charge in [-0.1, -0.05) is 6.07 Å². The normalized spacial score (nSPS) is 22.7. The molecule has 2 atom stereocenters. The summed E-state index contributed by atoms with van der Waals surface area (Å²) >= 11 is 3.45. The van der Waals surface area contributed by atoms with Gasteiger partial charge in [0.2, 0.25) is 0 Å². The number of rotatable bonds is 4. The molecule has 2 aliphatic rings. The highest BCUT2D eigenvalue weighted by Crippen LogP contribution is 2.36. The van der Waals surface area contributed by atoms with Gasteiger partial charge in [-0.3, -0.25) is 9.69 Å². The Morgan fingerprint density at radius 2 is 2.04 bits per heavy atom. The lowest BCUT2D eigenvalue weighted by molar-refractivity contribution is 0.0559. The van der Waals surface area contributed by atoms with Crippen LogP contribution >= 0.6 is 22.7 Å². The number of hydrogen-bond acceptors (Lipinski definition) is 5. The quantitative estimate of drug-likeness (QED) is 0.692. The van der Waals surface area contributed by atoms with Gasteiger partial charge in [-0.2, -0.15) is 0 Å². The fraction of sp³-hybridized carbons (Fsp3) is 0.368. The number of aryl methyl sites for hydroxylation is 1. The van der Waals surface area contributed by atoms with Crippen molar-refractivity contribution in [3.8, 4) is 0 Å². The Morgan fingerprint density at radius 3 is 2.81 bits per heavy atom. The third-order valence-electron chi connectivity index (χ3n) is 5.47. The molecule has 0 radical (unpaired) electrons. The Morgan fingerprint density at radius 1 is 1.15 bits per heavy atom. The molecule has 3 aromatic heterocycles. The van der Waals surface area contributed by atoms with E-state index in [1.54, 1.807) is 22.7 Å². The molecule has 5 heterocycles. The molecule has 0 aliphatic carbocycles. The van der Waals surface area contributed by atoms with Crippen LogP contribution in [0.5, 0.6) is 0 Å². The van der Waals surface area contributed by atoms with E-state index in [9.17, 15) is 4.79 Å². The highest BCUT2D eigenvalue weighted by atomic mass is 32.1. The zero-order valence-electron chi connectivity index (χ0n) is 14.5. The molecule has 2 aliphatic heterocycles. The van der Waals surface area contributed by atoms with Crippen LogP contribution in [0.4, 0.5) is 0 Å². The first-order chi connectivity index (χ1) is 12.7. The number of amides is 1. The van der Waals surface area contributed by atoms with Gasteiger partial charge in [0.1, 0.15) is 5.69 Å². The molecule has 1 amide bonds. The molecule has 0 bridgehead atoms. The molecule has 3 aromatic rings. The van der Waals surface area contributed by atoms with E-state index in [0.717, 1.165) is 31.0 Å². The molecule has 1 fully saturated rings. The van der Waals surface area contributed by atoms with Crippen LogP contribution in [-0.2, 0) is 13.1 Å². The van der Waals surface area contributed by atoms with Gasteiger partial charge in [-0.05, 0) is 30.5 Å². The number of fused-ring (bicyclic) bond motifs is 3. The van der Waals surface area contributed by atoms with Crippen molar-refractivity contribution in [2.45, 2.75) is 32.1 Å². The lowest BCUT2D eigenvalue weighted by atomic mass is 10.1. The Labute approximate surface area is 160 Å². The lowest BCUT2D eigenvalue weighted by Gasteiger charge is -2.38. The first kappa shape index (κ1) is 16.2. The van der Waals surface area contributed by atoms with Crippen molar-refractivity contribution in [1.82, 2.24) is 19.4 Å². The van der Waals surface area contributed by atoms with Crippen molar-refractivity contribution in [3.63, 3.8) is 0 Å². The third kappa shape index (κ3) is 2.62. The number of carbonyl (C=O) groups excluding carboxylic acids is 1. The van der Waals surface area contributed by atoms with Gasteiger partial charge >= 0.3 is 0 Å². The van der Waals surface area contributed by atoms with Gasteiger partial charge in [0.05, 0.1) is 29.8 Å². The second kappa shape index (κ2) is 6.33. The summed E-state index contributed by atoms with van der Waals surface area (Å²) < 4.78 is 2.19. The molecule has 134 valence electrons. The van der Waals surface area contributed by atoms with Crippen LogP contribution in [0.15, 0.2) is 41.4 Å². The smallest absolute Gasteiger partial charge is 0.271 e. The van der Waals surface area contributed by atoms with Gasteiger partial charge in [0.15, 0.2) is 0 Å². The summed E-state index contributed by atoms with van der Waals surface area (Å²) in [5.74, 6) is 0.153. The maximum absolute atomic E-state index is 13.1. The number of aromatic nitrogens is 2. The summed E-state index contributed by atoms with van der Waals surface area (Å²) in [6.07, 6.45) is 2.06. The zero-order valence-corrected chi connectivity index (χ0v) is 16.2. The van der Waals surface area contributed by atoms with Crippen molar-refractivity contribution in [1.29, 1.82) is 0 Å². The van der Waals surface area contributed by atoms with Crippen molar-refractivity contribution in [3.05, 3.63) is 62.5 Å². The van der Waals surface area contributed by atoms with E-state index in [4.69, 9.17) is 0 Å². The van der Waals surface area contributed by atoms with Crippen molar-refractivity contribution >= 4 is 28.6 Å². The summed E-state index contributed by atoms with van der Waals surface area (Å²) in [5, 5.41) is 2.08. The van der Waals surface area contributed by atoms with Gasteiger partial charge in [0, 0.05) is 35.6 Å². The standard InChI is InChI=1S/C19H20N4OS2/c1-13-18(26-12-20-13)11-21-9-16-17(10-21)23(8-14-4-3-7-25-14)19(24)15-5-2-6-22(15)16/h2-7,12,16-17H,8-11H2,1H3. The third-order valence-corrected chi connectivity index (χ3v) is 7.25. The maximum Gasteiger partial charge on any atom is 0.271 e. The molecule has 7 heteroatoms. The number of thiophene rings is 1. The molecule has 0 saturated carbocycles. The van der Waals surface area contributed by atoms with Crippen molar-refractivity contribution in [2.24, 2.45) is 0 Å². The molecule has 26 heavy (non-hydrogen) atoms. The van der Waals surface area contributed by atoms with Crippen LogP contribution in [0, 0.1) is 6.92 Å². The second-order valence-electron chi connectivity index (χ2n) is 7.00. The molecule has 2 unspecified atom stereocenters. The number of hydrogen-bond donors (Lipinski definition) is 0. The number of carbonyl (C=O) groups is 1. The Balaban J connectivity index is 1.45. The Kier molecular flexibility index (Phi) is 3.95. The number of likely N-dealkylation sites (tertiary alicyclic amines) is 1. The SMILES string of the molecule is Cc1ncsc1CN1CC2C(C1)n1cccc1C(=O)N2Cc1cccs1. The Bertz CT molecular complexity index is 929. The maximum atomic E-state index is 13.1. The second-order valence-corrected chi connectivity index (χ2v) is 8.97. The van der Waals surface area contributed by atoms with E-state index in [-0.39, 0.29) is 11.9 Å². The van der Waals surface area contributed by atoms with Crippen LogP contribution < -0.4 is 0 Å². The summed E-state index contributed by atoms with van der Waals surface area (Å²) in [4.78, 5) is 24.6. The number of thiazole rings is 1. The molecule has 5 nitrogen and oxygen atoms in total. The minimum absolute atomic E-state index is 0.153. The molecule has 1 saturated heterocycles. The summed E-state index contributed by atoms with van der Waals surface area (Å²) in [6.45, 7) is 5.58. The van der Waals surface area contributed by atoms with Crippen LogP contribution in [0.25, 0.3) is 0 Å². The van der Waals surface area contributed by atoms with Crippen LogP contribution in [0.1, 0.15) is 32.0 Å². The van der Waals surface area contributed by atoms with Gasteiger partial charge in [-0.15, -0.1) is 22.7 Å². The molecular formula is C19H20N4OS2. The summed E-state index contributed by atoms with van der Waals surface area (Å²) in [5.41, 5.74) is 3.86. The van der Waals surface area contributed by atoms with E-state index >= 15 is 0 Å². The fourth-order valence-corrected chi connectivity index (χ4v) is 5.68.